The molecule has 1 aliphatic carbocycles. The molecule has 0 radical (unpaired) electrons. The Kier molecular flexibility index (Phi) is 6.23. The predicted molar refractivity (Wildman–Crippen MR) is 132 cm³/mol. The maximum atomic E-state index is 14.1. The molecule has 1 unspecified atom stereocenters. The molecule has 2 saturated heterocycles. The minimum absolute atomic E-state index is 0.0830. The van der Waals surface area contributed by atoms with Crippen molar-refractivity contribution in [2.45, 2.75) is 69.1 Å². The van der Waals surface area contributed by atoms with Crippen molar-refractivity contribution in [2.75, 3.05) is 24.5 Å². The van der Waals surface area contributed by atoms with E-state index in [0.717, 1.165) is 50.0 Å². The molecular formula is C26H33ClN2O3S. The first kappa shape index (κ1) is 23.2. The van der Waals surface area contributed by atoms with Crippen LogP contribution in [0.2, 0.25) is 5.02 Å². The molecule has 1 atom stereocenters. The normalized spacial score (nSPS) is 23.5. The van der Waals surface area contributed by atoms with Gasteiger partial charge in [0.1, 0.15) is 4.90 Å². The molecule has 5 rings (SSSR count). The predicted octanol–water partition coefficient (Wildman–Crippen LogP) is 5.65. The van der Waals surface area contributed by atoms with Gasteiger partial charge in [0, 0.05) is 30.1 Å². The maximum Gasteiger partial charge on any atom is 0.245 e. The number of ether oxygens (including phenoxy) is 1. The Bertz CT molecular complexity index is 1090. The molecule has 0 amide bonds. The number of sulfonamides is 1. The third-order valence-corrected chi connectivity index (χ3v) is 9.63. The molecule has 178 valence electrons. The van der Waals surface area contributed by atoms with Gasteiger partial charge in [0.25, 0.3) is 0 Å². The van der Waals surface area contributed by atoms with Gasteiger partial charge in [-0.25, -0.2) is 8.42 Å². The summed E-state index contributed by atoms with van der Waals surface area (Å²) < 4.78 is 35.8. The van der Waals surface area contributed by atoms with Crippen molar-refractivity contribution in [3.05, 3.63) is 59.1 Å². The monoisotopic (exact) mass is 488 g/mol. The van der Waals surface area contributed by atoms with Gasteiger partial charge < -0.3 is 9.64 Å². The van der Waals surface area contributed by atoms with Crippen LogP contribution in [0.3, 0.4) is 0 Å². The first-order valence-corrected chi connectivity index (χ1v) is 13.9. The summed E-state index contributed by atoms with van der Waals surface area (Å²) in [7, 11) is -3.71. The van der Waals surface area contributed by atoms with Crippen molar-refractivity contribution in [3.63, 3.8) is 0 Å². The summed E-state index contributed by atoms with van der Waals surface area (Å²) in [6, 6.07) is 15.3. The Labute approximate surface area is 202 Å². The van der Waals surface area contributed by atoms with Gasteiger partial charge in [-0.2, -0.15) is 4.31 Å². The fraction of sp³-hybridized carbons (Fsp3) is 0.538. The van der Waals surface area contributed by atoms with E-state index in [0.29, 0.717) is 16.5 Å². The molecule has 2 aromatic rings. The average molecular weight is 489 g/mol. The van der Waals surface area contributed by atoms with Gasteiger partial charge in [-0.15, -0.1) is 0 Å². The fourth-order valence-corrected chi connectivity index (χ4v) is 8.10. The van der Waals surface area contributed by atoms with Crippen molar-refractivity contribution in [1.29, 1.82) is 0 Å². The second kappa shape index (κ2) is 8.88. The molecule has 2 aliphatic heterocycles. The first-order valence-electron chi connectivity index (χ1n) is 12.1. The van der Waals surface area contributed by atoms with Crippen LogP contribution in [0, 0.1) is 5.41 Å². The standard InChI is InChI=1S/C26H33ClN2O3S/c1-19(2)32-22-11-15-28(16-12-22)23-10-9-21(27)17-24(23)33(30,31)29-18-26(13-6-14-26)25(29)20-7-4-3-5-8-20/h3-5,7-10,17,19,22,25H,6,11-16,18H2,1-2H3. The number of rotatable bonds is 6. The molecule has 5 nitrogen and oxygen atoms in total. The van der Waals surface area contributed by atoms with E-state index in [2.05, 4.69) is 30.9 Å². The second-order valence-electron chi connectivity index (χ2n) is 10.1. The van der Waals surface area contributed by atoms with Gasteiger partial charge in [0.05, 0.1) is 23.9 Å². The Hall–Kier alpha value is -1.60. The molecule has 0 N–H and O–H groups in total. The molecule has 33 heavy (non-hydrogen) atoms. The van der Waals surface area contributed by atoms with Crippen molar-refractivity contribution in [1.82, 2.24) is 4.31 Å². The molecule has 0 aromatic heterocycles. The number of anilines is 1. The third kappa shape index (κ3) is 4.20. The van der Waals surface area contributed by atoms with Crippen LogP contribution in [0.4, 0.5) is 5.69 Å². The number of nitrogens with zero attached hydrogens (tertiary/aromatic N) is 2. The van der Waals surface area contributed by atoms with Crippen LogP contribution in [-0.4, -0.2) is 44.6 Å². The Morgan fingerprint density at radius 2 is 1.76 bits per heavy atom. The van der Waals surface area contributed by atoms with Crippen molar-refractivity contribution in [2.24, 2.45) is 5.41 Å². The smallest absolute Gasteiger partial charge is 0.245 e. The van der Waals surface area contributed by atoms with Crippen LogP contribution in [0.15, 0.2) is 53.4 Å². The lowest BCUT2D eigenvalue weighted by Gasteiger charge is -2.61. The van der Waals surface area contributed by atoms with Crippen molar-refractivity contribution in [3.8, 4) is 0 Å². The number of piperidine rings is 1. The van der Waals surface area contributed by atoms with Gasteiger partial charge in [-0.3, -0.25) is 0 Å². The zero-order valence-electron chi connectivity index (χ0n) is 19.4. The lowest BCUT2D eigenvalue weighted by Crippen LogP contribution is -2.63. The molecule has 1 spiro atoms. The highest BCUT2D eigenvalue weighted by Crippen LogP contribution is 2.62. The highest BCUT2D eigenvalue weighted by Gasteiger charge is 2.60. The quantitative estimate of drug-likeness (QED) is 0.527. The summed E-state index contributed by atoms with van der Waals surface area (Å²) >= 11 is 6.33. The molecular weight excluding hydrogens is 456 g/mol. The number of halogens is 1. The van der Waals surface area contributed by atoms with Gasteiger partial charge in [0.15, 0.2) is 0 Å². The van der Waals surface area contributed by atoms with Crippen LogP contribution in [0.25, 0.3) is 0 Å². The minimum atomic E-state index is -3.71. The largest absolute Gasteiger partial charge is 0.375 e. The highest BCUT2D eigenvalue weighted by molar-refractivity contribution is 7.89. The lowest BCUT2D eigenvalue weighted by molar-refractivity contribution is -0.0780. The minimum Gasteiger partial charge on any atom is -0.375 e. The highest BCUT2D eigenvalue weighted by atomic mass is 35.5. The van der Waals surface area contributed by atoms with Crippen LogP contribution in [0.5, 0.6) is 0 Å². The van der Waals surface area contributed by atoms with E-state index in [-0.39, 0.29) is 23.7 Å². The first-order chi connectivity index (χ1) is 15.8. The summed E-state index contributed by atoms with van der Waals surface area (Å²) in [5.41, 5.74) is 1.92. The Morgan fingerprint density at radius 1 is 1.06 bits per heavy atom. The van der Waals surface area contributed by atoms with E-state index in [9.17, 15) is 8.42 Å². The van der Waals surface area contributed by atoms with E-state index in [1.54, 1.807) is 16.4 Å². The fourth-order valence-electron chi connectivity index (χ4n) is 5.82. The van der Waals surface area contributed by atoms with Gasteiger partial charge in [0.2, 0.25) is 10.0 Å². The maximum absolute atomic E-state index is 14.1. The van der Waals surface area contributed by atoms with E-state index in [1.807, 2.05) is 24.3 Å². The second-order valence-corrected chi connectivity index (χ2v) is 12.4. The summed E-state index contributed by atoms with van der Waals surface area (Å²) in [4.78, 5) is 2.51. The van der Waals surface area contributed by atoms with Crippen LogP contribution < -0.4 is 4.90 Å². The SMILES string of the molecule is CC(C)OC1CCN(c2ccc(Cl)cc2S(=O)(=O)N2CC3(CCC3)C2c2ccccc2)CC1. The van der Waals surface area contributed by atoms with Gasteiger partial charge in [-0.05, 0) is 63.3 Å². The molecule has 0 bridgehead atoms. The van der Waals surface area contributed by atoms with E-state index in [4.69, 9.17) is 16.3 Å². The molecule has 2 aromatic carbocycles. The third-order valence-electron chi connectivity index (χ3n) is 7.56. The molecule has 7 heteroatoms. The summed E-state index contributed by atoms with van der Waals surface area (Å²) in [5.74, 6) is 0. The molecule has 3 aliphatic rings. The summed E-state index contributed by atoms with van der Waals surface area (Å²) in [6.45, 7) is 6.25. The molecule has 3 fully saturated rings. The zero-order chi connectivity index (χ0) is 23.2. The Balaban J connectivity index is 1.45. The van der Waals surface area contributed by atoms with Crippen LogP contribution >= 0.6 is 11.6 Å². The summed E-state index contributed by atoms with van der Waals surface area (Å²) in [5, 5.41) is 0.450. The average Bonchev–Trinajstić information content (AvgIpc) is 2.73. The Morgan fingerprint density at radius 3 is 2.36 bits per heavy atom. The van der Waals surface area contributed by atoms with Crippen LogP contribution in [0.1, 0.15) is 57.6 Å². The van der Waals surface area contributed by atoms with Gasteiger partial charge in [-0.1, -0.05) is 48.4 Å². The zero-order valence-corrected chi connectivity index (χ0v) is 21.0. The van der Waals surface area contributed by atoms with Crippen molar-refractivity contribution >= 4 is 27.3 Å². The molecule has 2 heterocycles. The van der Waals surface area contributed by atoms with E-state index in [1.165, 1.54) is 6.42 Å². The van der Waals surface area contributed by atoms with E-state index < -0.39 is 10.0 Å². The lowest BCUT2D eigenvalue weighted by atomic mass is 9.58. The number of hydrogen-bond donors (Lipinski definition) is 0. The summed E-state index contributed by atoms with van der Waals surface area (Å²) in [6.07, 6.45) is 5.56. The van der Waals surface area contributed by atoms with E-state index >= 15 is 0 Å². The number of hydrogen-bond acceptors (Lipinski definition) is 4. The molecule has 1 saturated carbocycles. The van der Waals surface area contributed by atoms with Crippen molar-refractivity contribution < 1.29 is 13.2 Å². The van der Waals surface area contributed by atoms with Crippen LogP contribution in [-0.2, 0) is 14.8 Å². The van der Waals surface area contributed by atoms with Gasteiger partial charge >= 0.3 is 0 Å². The number of benzene rings is 2. The topological polar surface area (TPSA) is 49.9 Å².